The number of aliphatic carboxylic acids is 1. The average Bonchev–Trinajstić information content (AvgIpc) is 3.71. The summed E-state index contributed by atoms with van der Waals surface area (Å²) in [5.41, 5.74) is 5.99. The van der Waals surface area contributed by atoms with Gasteiger partial charge in [-0.3, -0.25) is 19.2 Å². The van der Waals surface area contributed by atoms with Crippen molar-refractivity contribution in [1.82, 2.24) is 5.32 Å². The third-order valence-corrected chi connectivity index (χ3v) is 17.9. The second-order valence-electron chi connectivity index (χ2n) is 21.0. The minimum atomic E-state index is -0.850. The number of carboxylic acid groups (broad SMARTS) is 1. The number of hydrogen-bond donors (Lipinski definition) is 4. The van der Waals surface area contributed by atoms with Gasteiger partial charge in [-0.05, 0) is 122 Å². The highest BCUT2D eigenvalue weighted by Gasteiger charge is 2.71. The summed E-state index contributed by atoms with van der Waals surface area (Å²) >= 11 is 0. The Balaban J connectivity index is 1.14. The lowest BCUT2D eigenvalue weighted by molar-refractivity contribution is -0.238. The summed E-state index contributed by atoms with van der Waals surface area (Å²) in [5.74, 6) is -0.934. The predicted octanol–water partition coefficient (Wildman–Crippen LogP) is 6.59. The van der Waals surface area contributed by atoms with Gasteiger partial charge in [0, 0.05) is 23.8 Å². The van der Waals surface area contributed by atoms with Crippen LogP contribution in [-0.2, 0) is 23.9 Å². The highest BCUT2D eigenvalue weighted by Crippen LogP contribution is 2.77. The third kappa shape index (κ3) is 5.05. The topological polar surface area (TPSA) is 156 Å². The molecule has 0 bridgehead atoms. The van der Waals surface area contributed by atoms with E-state index in [2.05, 4.69) is 53.8 Å². The van der Waals surface area contributed by atoms with Crippen molar-refractivity contribution in [2.45, 2.75) is 157 Å². The molecule has 290 valence electrons. The second kappa shape index (κ2) is 11.9. The minimum absolute atomic E-state index is 0.0204. The minimum Gasteiger partial charge on any atom is -0.481 e. The number of nitrogens with one attached hydrogen (secondary N) is 1. The van der Waals surface area contributed by atoms with Gasteiger partial charge < -0.3 is 26.0 Å². The van der Waals surface area contributed by atoms with Crippen LogP contribution in [0.15, 0.2) is 11.1 Å². The van der Waals surface area contributed by atoms with Gasteiger partial charge in [0.1, 0.15) is 6.10 Å². The summed E-state index contributed by atoms with van der Waals surface area (Å²) in [6.45, 7) is 20.2. The summed E-state index contributed by atoms with van der Waals surface area (Å²) in [6.07, 6.45) is 8.51. The van der Waals surface area contributed by atoms with Crippen molar-refractivity contribution < 1.29 is 34.1 Å². The zero-order valence-corrected chi connectivity index (χ0v) is 33.3. The molecule has 0 aliphatic heterocycles. The van der Waals surface area contributed by atoms with E-state index in [0.29, 0.717) is 37.5 Å². The van der Waals surface area contributed by atoms with Gasteiger partial charge in [-0.25, -0.2) is 0 Å². The molecule has 9 heteroatoms. The number of ketones is 1. The van der Waals surface area contributed by atoms with Crippen LogP contribution < -0.4 is 11.1 Å². The Labute approximate surface area is 311 Å². The first-order valence-electron chi connectivity index (χ1n) is 20.5. The molecule has 11 atom stereocenters. The highest BCUT2D eigenvalue weighted by molar-refractivity contribution is 6.01. The normalized spacial score (nSPS) is 44.3. The van der Waals surface area contributed by atoms with Crippen molar-refractivity contribution in [2.75, 3.05) is 6.54 Å². The summed E-state index contributed by atoms with van der Waals surface area (Å²) in [4.78, 5) is 52.1. The van der Waals surface area contributed by atoms with Crippen molar-refractivity contribution in [3.8, 4) is 0 Å². The van der Waals surface area contributed by atoms with Crippen LogP contribution in [0.2, 0.25) is 0 Å². The van der Waals surface area contributed by atoms with E-state index in [-0.39, 0.29) is 63.8 Å². The van der Waals surface area contributed by atoms with E-state index in [1.54, 1.807) is 0 Å². The number of esters is 1. The fourth-order valence-electron chi connectivity index (χ4n) is 14.2. The molecule has 5 N–H and O–H groups in total. The standard InChI is InChI=1S/C43H66N2O7/c1-23(2)32-27(46)21-42(30(47)22-45-36(51)43(44)18-19-43)17-16-40(8)24(33(32)42)10-11-29-39(7)14-13-31(38(5,6)28(39)12-15-41(29,40)9)52-35(50)26-20-25(34(48)49)37(26,3)4/h23-26,28-31,47H,10-22,44H2,1-9H3,(H,45,51)(H,48,49)/t24-,25+,26-,28+,29-,30+,31+,39+,40-,41-,42+/m1/s1. The van der Waals surface area contributed by atoms with Crippen LogP contribution in [0.4, 0.5) is 0 Å². The van der Waals surface area contributed by atoms with Crippen LogP contribution in [0.5, 0.6) is 0 Å². The molecule has 0 aromatic heterocycles. The van der Waals surface area contributed by atoms with E-state index in [0.717, 1.165) is 56.9 Å². The van der Waals surface area contributed by atoms with E-state index in [9.17, 15) is 29.4 Å². The number of ether oxygens (including phenoxy) is 1. The molecular formula is C43H66N2O7. The van der Waals surface area contributed by atoms with Gasteiger partial charge >= 0.3 is 11.9 Å². The summed E-state index contributed by atoms with van der Waals surface area (Å²) in [5, 5.41) is 24.6. The van der Waals surface area contributed by atoms with Crippen molar-refractivity contribution in [3.05, 3.63) is 11.1 Å². The zero-order chi connectivity index (χ0) is 38.2. The number of carboxylic acids is 1. The quantitative estimate of drug-likeness (QED) is 0.205. The van der Waals surface area contributed by atoms with Gasteiger partial charge in [0.25, 0.3) is 0 Å². The number of Topliss-reactive ketones (excluding diaryl/α,β-unsaturated/α-hetero) is 1. The van der Waals surface area contributed by atoms with Gasteiger partial charge in [-0.15, -0.1) is 0 Å². The number of aliphatic hydroxyl groups excluding tert-OH is 1. The molecule has 0 heterocycles. The van der Waals surface area contributed by atoms with Gasteiger partial charge in [0.05, 0.1) is 23.5 Å². The molecule has 0 aromatic carbocycles. The molecule has 7 aliphatic carbocycles. The molecule has 0 aromatic rings. The largest absolute Gasteiger partial charge is 0.481 e. The fourth-order valence-corrected chi connectivity index (χ4v) is 14.2. The molecule has 9 nitrogen and oxygen atoms in total. The Kier molecular flexibility index (Phi) is 8.68. The average molecular weight is 723 g/mol. The molecule has 52 heavy (non-hydrogen) atoms. The van der Waals surface area contributed by atoms with Crippen molar-refractivity contribution in [2.24, 2.45) is 73.7 Å². The molecule has 6 saturated carbocycles. The second-order valence-corrected chi connectivity index (χ2v) is 21.0. The maximum Gasteiger partial charge on any atom is 0.309 e. The highest BCUT2D eigenvalue weighted by atomic mass is 16.5. The number of carbonyl (C=O) groups is 4. The van der Waals surface area contributed by atoms with Crippen LogP contribution in [0.25, 0.3) is 0 Å². The van der Waals surface area contributed by atoms with E-state index in [1.807, 2.05) is 13.8 Å². The fraction of sp³-hybridized carbons (Fsp3) is 0.860. The van der Waals surface area contributed by atoms with E-state index >= 15 is 0 Å². The van der Waals surface area contributed by atoms with E-state index in [1.165, 1.54) is 5.57 Å². The number of aliphatic hydroxyl groups is 1. The molecule has 0 saturated heterocycles. The maximum absolute atomic E-state index is 14.0. The number of nitrogens with two attached hydrogens (primary N) is 1. The van der Waals surface area contributed by atoms with Crippen LogP contribution in [0.3, 0.4) is 0 Å². The molecule has 7 aliphatic rings. The Bertz CT molecular complexity index is 1590. The van der Waals surface area contributed by atoms with Crippen molar-refractivity contribution in [1.29, 1.82) is 0 Å². The monoisotopic (exact) mass is 722 g/mol. The number of carbonyl (C=O) groups excluding carboxylic acids is 3. The first kappa shape index (κ1) is 38.0. The lowest BCUT2D eigenvalue weighted by Crippen LogP contribution is -2.66. The first-order valence-corrected chi connectivity index (χ1v) is 20.5. The lowest BCUT2D eigenvalue weighted by Gasteiger charge is -2.72. The molecule has 1 amide bonds. The zero-order valence-electron chi connectivity index (χ0n) is 33.3. The Morgan fingerprint density at radius 3 is 2.12 bits per heavy atom. The van der Waals surface area contributed by atoms with E-state index < -0.39 is 40.3 Å². The molecule has 0 radical (unpaired) electrons. The van der Waals surface area contributed by atoms with Crippen molar-refractivity contribution >= 4 is 23.6 Å². The summed E-state index contributed by atoms with van der Waals surface area (Å²) < 4.78 is 6.39. The molecule has 0 unspecified atom stereocenters. The van der Waals surface area contributed by atoms with Crippen LogP contribution >= 0.6 is 0 Å². The Morgan fingerprint density at radius 2 is 1.52 bits per heavy atom. The third-order valence-electron chi connectivity index (χ3n) is 17.9. The molecule has 0 spiro atoms. The number of allylic oxidation sites excluding steroid dienone is 1. The number of amides is 1. The molecule has 6 fully saturated rings. The van der Waals surface area contributed by atoms with Crippen LogP contribution in [0.1, 0.15) is 139 Å². The van der Waals surface area contributed by atoms with Crippen LogP contribution in [0, 0.1) is 68.0 Å². The maximum atomic E-state index is 14.0. The Morgan fingerprint density at radius 1 is 0.846 bits per heavy atom. The van der Waals surface area contributed by atoms with Gasteiger partial charge in [0.15, 0.2) is 5.78 Å². The smallest absolute Gasteiger partial charge is 0.309 e. The first-order chi connectivity index (χ1) is 24.0. The molecule has 7 rings (SSSR count). The van der Waals surface area contributed by atoms with E-state index in [4.69, 9.17) is 10.5 Å². The summed E-state index contributed by atoms with van der Waals surface area (Å²) in [6, 6.07) is 0. The summed E-state index contributed by atoms with van der Waals surface area (Å²) in [7, 11) is 0. The molecular weight excluding hydrogens is 656 g/mol. The SMILES string of the molecule is CC(C)C1=C2[C@H]3CC[C@@H]4[C@@]5(C)CC[C@H](OC(=O)[C@H]6C[C@@H](C(=O)O)C6(C)C)C(C)(C)[C@@H]5CC[C@@]4(C)[C@]3(C)CC[C@@]2([C@@H](O)CNC(=O)C2(N)CC2)CC1=O. The Hall–Kier alpha value is -2.26. The number of rotatable bonds is 8. The van der Waals surface area contributed by atoms with Gasteiger partial charge in [0.2, 0.25) is 5.91 Å². The van der Waals surface area contributed by atoms with Gasteiger partial charge in [-0.1, -0.05) is 67.9 Å². The van der Waals surface area contributed by atoms with Crippen molar-refractivity contribution in [3.63, 3.8) is 0 Å². The number of fused-ring (bicyclic) bond motifs is 7. The van der Waals surface area contributed by atoms with Gasteiger partial charge in [-0.2, -0.15) is 0 Å². The predicted molar refractivity (Wildman–Crippen MR) is 197 cm³/mol. The lowest BCUT2D eigenvalue weighted by atomic mass is 9.33. The number of hydrogen-bond acceptors (Lipinski definition) is 7. The van der Waals surface area contributed by atoms with Crippen LogP contribution in [-0.4, -0.2) is 58.1 Å².